The van der Waals surface area contributed by atoms with Crippen LogP contribution in [0.2, 0.25) is 0 Å². The summed E-state index contributed by atoms with van der Waals surface area (Å²) in [5.41, 5.74) is 4.22. The monoisotopic (exact) mass is 572 g/mol. The number of carboxylic acids is 1. The SMILES string of the molecule is CCCCS(=O)(=O)Oc1ccc(CCCc2ccc(CCC(=O)O)cc2OCc2ccc(F)cc2)c(OC)c1C. The smallest absolute Gasteiger partial charge is 0.309 e. The fourth-order valence-corrected chi connectivity index (χ4v) is 5.54. The molecule has 3 rings (SSSR count). The van der Waals surface area contributed by atoms with Gasteiger partial charge in [0.1, 0.15) is 29.7 Å². The molecule has 0 atom stereocenters. The van der Waals surface area contributed by atoms with Gasteiger partial charge in [-0.25, -0.2) is 4.39 Å². The second-order valence-corrected chi connectivity index (χ2v) is 11.4. The number of carboxylic acid groups (broad SMARTS) is 1. The van der Waals surface area contributed by atoms with Crippen molar-refractivity contribution in [1.29, 1.82) is 0 Å². The minimum absolute atomic E-state index is 0.0233. The maximum atomic E-state index is 13.3. The van der Waals surface area contributed by atoms with E-state index in [1.54, 1.807) is 32.2 Å². The number of methoxy groups -OCH3 is 1. The Kier molecular flexibility index (Phi) is 11.4. The summed E-state index contributed by atoms with van der Waals surface area (Å²) in [5.74, 6) is 0.315. The van der Waals surface area contributed by atoms with Crippen LogP contribution in [0.3, 0.4) is 0 Å². The quantitative estimate of drug-likeness (QED) is 0.198. The molecule has 0 aliphatic carbocycles. The molecule has 3 aromatic rings. The van der Waals surface area contributed by atoms with E-state index < -0.39 is 16.1 Å². The lowest BCUT2D eigenvalue weighted by atomic mass is 9.99. The number of unbranched alkanes of at least 4 members (excludes halogenated alkanes) is 1. The lowest BCUT2D eigenvalue weighted by molar-refractivity contribution is -0.136. The third-order valence-electron chi connectivity index (χ3n) is 6.57. The van der Waals surface area contributed by atoms with Crippen LogP contribution in [0.1, 0.15) is 60.4 Å². The third kappa shape index (κ3) is 9.26. The van der Waals surface area contributed by atoms with Crippen LogP contribution >= 0.6 is 0 Å². The summed E-state index contributed by atoms with van der Waals surface area (Å²) in [6, 6.07) is 15.3. The standard InChI is InChI=1S/C31H37FO7S/c1-4-5-19-40(35,36)39-28-17-14-26(31(37-3)22(28)2)8-6-7-25-13-9-23(12-18-30(33)34)20-29(25)38-21-24-10-15-27(32)16-11-24/h9-11,13-17,20H,4-8,12,18-19,21H2,1-3H3,(H,33,34). The molecule has 40 heavy (non-hydrogen) atoms. The van der Waals surface area contributed by atoms with Crippen LogP contribution in [0.5, 0.6) is 17.2 Å². The zero-order chi connectivity index (χ0) is 29.1. The maximum absolute atomic E-state index is 13.3. The van der Waals surface area contributed by atoms with Crippen molar-refractivity contribution in [2.75, 3.05) is 12.9 Å². The van der Waals surface area contributed by atoms with Gasteiger partial charge in [0.15, 0.2) is 0 Å². The molecule has 0 fully saturated rings. The predicted octanol–water partition coefficient (Wildman–Crippen LogP) is 6.42. The van der Waals surface area contributed by atoms with Gasteiger partial charge in [-0.2, -0.15) is 8.42 Å². The van der Waals surface area contributed by atoms with Crippen molar-refractivity contribution in [3.05, 3.63) is 88.2 Å². The number of aryl methyl sites for hydroxylation is 3. The number of hydrogen-bond acceptors (Lipinski definition) is 6. The van der Waals surface area contributed by atoms with Crippen molar-refractivity contribution in [1.82, 2.24) is 0 Å². The van der Waals surface area contributed by atoms with Crippen molar-refractivity contribution in [3.8, 4) is 17.2 Å². The predicted molar refractivity (Wildman–Crippen MR) is 152 cm³/mol. The zero-order valence-electron chi connectivity index (χ0n) is 23.2. The van der Waals surface area contributed by atoms with E-state index in [-0.39, 0.29) is 30.3 Å². The van der Waals surface area contributed by atoms with Crippen LogP contribution < -0.4 is 13.7 Å². The number of hydrogen-bond donors (Lipinski definition) is 1. The lowest BCUT2D eigenvalue weighted by Crippen LogP contribution is -2.14. The molecule has 1 N–H and O–H groups in total. The van der Waals surface area contributed by atoms with Crippen molar-refractivity contribution >= 4 is 16.1 Å². The van der Waals surface area contributed by atoms with Crippen molar-refractivity contribution in [3.63, 3.8) is 0 Å². The third-order valence-corrected chi connectivity index (χ3v) is 7.79. The van der Waals surface area contributed by atoms with Gasteiger partial charge >= 0.3 is 16.1 Å². The Hall–Kier alpha value is -3.59. The fraction of sp³-hybridized carbons (Fsp3) is 0.387. The molecule has 216 valence electrons. The van der Waals surface area contributed by atoms with Gasteiger partial charge < -0.3 is 18.8 Å². The minimum atomic E-state index is -3.68. The molecular weight excluding hydrogens is 535 g/mol. The van der Waals surface area contributed by atoms with Gasteiger partial charge in [0, 0.05) is 12.0 Å². The molecule has 0 saturated heterocycles. The largest absolute Gasteiger partial charge is 0.496 e. The Balaban J connectivity index is 1.73. The van der Waals surface area contributed by atoms with Crippen molar-refractivity contribution in [2.24, 2.45) is 0 Å². The van der Waals surface area contributed by atoms with Crippen LogP contribution in [-0.2, 0) is 40.8 Å². The summed E-state index contributed by atoms with van der Waals surface area (Å²) in [7, 11) is -2.12. The summed E-state index contributed by atoms with van der Waals surface area (Å²) in [6.45, 7) is 3.96. The van der Waals surface area contributed by atoms with E-state index in [0.29, 0.717) is 42.7 Å². The molecular formula is C31H37FO7S. The van der Waals surface area contributed by atoms with Crippen LogP contribution in [0.4, 0.5) is 4.39 Å². The summed E-state index contributed by atoms with van der Waals surface area (Å²) >= 11 is 0. The van der Waals surface area contributed by atoms with Crippen LogP contribution in [0.15, 0.2) is 54.6 Å². The van der Waals surface area contributed by atoms with Gasteiger partial charge in [-0.05, 0) is 85.5 Å². The van der Waals surface area contributed by atoms with E-state index in [0.717, 1.165) is 35.1 Å². The van der Waals surface area contributed by atoms with E-state index in [1.807, 2.05) is 31.2 Å². The molecule has 3 aromatic carbocycles. The van der Waals surface area contributed by atoms with Gasteiger partial charge in [-0.1, -0.05) is 43.7 Å². The van der Waals surface area contributed by atoms with Crippen molar-refractivity contribution < 1.29 is 36.4 Å². The molecule has 0 unspecified atom stereocenters. The fourth-order valence-electron chi connectivity index (χ4n) is 4.36. The molecule has 9 heteroatoms. The second kappa shape index (κ2) is 14.7. The van der Waals surface area contributed by atoms with Crippen molar-refractivity contribution in [2.45, 2.75) is 65.4 Å². The number of rotatable bonds is 16. The molecule has 7 nitrogen and oxygen atoms in total. The summed E-state index contributed by atoms with van der Waals surface area (Å²) < 4.78 is 54.9. The van der Waals surface area contributed by atoms with Gasteiger partial charge in [0.25, 0.3) is 0 Å². The first kappa shape index (κ1) is 30.9. The Morgan fingerprint density at radius 2 is 1.57 bits per heavy atom. The number of ether oxygens (including phenoxy) is 2. The van der Waals surface area contributed by atoms with Gasteiger partial charge in [0.05, 0.1) is 12.9 Å². The molecule has 0 radical (unpaired) electrons. The van der Waals surface area contributed by atoms with Crippen LogP contribution in [-0.4, -0.2) is 32.4 Å². The van der Waals surface area contributed by atoms with Gasteiger partial charge in [-0.3, -0.25) is 4.79 Å². The van der Waals surface area contributed by atoms with E-state index in [4.69, 9.17) is 18.8 Å². The number of carbonyl (C=O) groups is 1. The molecule has 0 spiro atoms. The van der Waals surface area contributed by atoms with Crippen LogP contribution in [0.25, 0.3) is 0 Å². The first-order chi connectivity index (χ1) is 19.1. The van der Waals surface area contributed by atoms with E-state index in [1.165, 1.54) is 12.1 Å². The maximum Gasteiger partial charge on any atom is 0.309 e. The normalized spacial score (nSPS) is 11.3. The molecule has 0 amide bonds. The number of aliphatic carboxylic acids is 1. The molecule has 0 heterocycles. The highest BCUT2D eigenvalue weighted by molar-refractivity contribution is 7.87. The highest BCUT2D eigenvalue weighted by atomic mass is 32.2. The highest BCUT2D eigenvalue weighted by Gasteiger charge is 2.18. The highest BCUT2D eigenvalue weighted by Crippen LogP contribution is 2.34. The van der Waals surface area contributed by atoms with E-state index in [9.17, 15) is 17.6 Å². The number of halogens is 1. The Morgan fingerprint density at radius 3 is 2.25 bits per heavy atom. The summed E-state index contributed by atoms with van der Waals surface area (Å²) in [4.78, 5) is 11.0. The average molecular weight is 573 g/mol. The number of benzene rings is 3. The van der Waals surface area contributed by atoms with Crippen LogP contribution in [0, 0.1) is 12.7 Å². The Bertz CT molecular complexity index is 1390. The summed E-state index contributed by atoms with van der Waals surface area (Å²) in [5, 5.41) is 9.06. The molecule has 0 aliphatic rings. The topological polar surface area (TPSA) is 99.1 Å². The minimum Gasteiger partial charge on any atom is -0.496 e. The summed E-state index contributed by atoms with van der Waals surface area (Å²) in [6.07, 6.45) is 3.82. The first-order valence-electron chi connectivity index (χ1n) is 13.4. The first-order valence-corrected chi connectivity index (χ1v) is 15.0. The second-order valence-electron chi connectivity index (χ2n) is 9.68. The molecule has 0 aliphatic heterocycles. The Morgan fingerprint density at radius 1 is 0.900 bits per heavy atom. The van der Waals surface area contributed by atoms with Gasteiger partial charge in [-0.15, -0.1) is 0 Å². The molecule has 0 aromatic heterocycles. The Labute approximate surface area is 236 Å². The van der Waals surface area contributed by atoms with E-state index >= 15 is 0 Å². The van der Waals surface area contributed by atoms with Gasteiger partial charge in [0.2, 0.25) is 0 Å². The lowest BCUT2D eigenvalue weighted by Gasteiger charge is -2.16. The van der Waals surface area contributed by atoms with E-state index in [2.05, 4.69) is 0 Å². The zero-order valence-corrected chi connectivity index (χ0v) is 24.1. The molecule has 0 saturated carbocycles. The molecule has 0 bridgehead atoms. The average Bonchev–Trinajstić information content (AvgIpc) is 2.92.